The van der Waals surface area contributed by atoms with Crippen LogP contribution in [0.15, 0.2) is 18.2 Å². The normalized spacial score (nSPS) is 19.3. The molecule has 0 amide bonds. The van der Waals surface area contributed by atoms with Crippen LogP contribution in [0.4, 0.5) is 5.69 Å². The highest BCUT2D eigenvalue weighted by molar-refractivity contribution is 6.33. The summed E-state index contributed by atoms with van der Waals surface area (Å²) in [7, 11) is 0. The van der Waals surface area contributed by atoms with Crippen molar-refractivity contribution in [1.82, 2.24) is 0 Å². The van der Waals surface area contributed by atoms with Gasteiger partial charge in [0.25, 0.3) is 0 Å². The summed E-state index contributed by atoms with van der Waals surface area (Å²) < 4.78 is 0. The molecule has 3 heteroatoms. The third-order valence-electron chi connectivity index (χ3n) is 3.83. The largest absolute Gasteiger partial charge is 0.388 e. The molecule has 0 bridgehead atoms. The van der Waals surface area contributed by atoms with Crippen molar-refractivity contribution in [2.24, 2.45) is 0 Å². The van der Waals surface area contributed by atoms with Crippen molar-refractivity contribution in [2.45, 2.75) is 51.0 Å². The Balaban J connectivity index is 1.99. The summed E-state index contributed by atoms with van der Waals surface area (Å²) in [4.78, 5) is 0. The van der Waals surface area contributed by atoms with E-state index in [0.717, 1.165) is 42.0 Å². The van der Waals surface area contributed by atoms with Crippen LogP contribution in [0.1, 0.15) is 44.1 Å². The molecule has 2 nitrogen and oxygen atoms in total. The molecule has 2 rings (SSSR count). The topological polar surface area (TPSA) is 32.3 Å². The fourth-order valence-corrected chi connectivity index (χ4v) is 2.80. The lowest BCUT2D eigenvalue weighted by molar-refractivity contribution is 0.0381. The van der Waals surface area contributed by atoms with Gasteiger partial charge in [-0.3, -0.25) is 0 Å². The van der Waals surface area contributed by atoms with Gasteiger partial charge in [-0.25, -0.2) is 0 Å². The van der Waals surface area contributed by atoms with Gasteiger partial charge in [0.05, 0.1) is 16.3 Å². The van der Waals surface area contributed by atoms with Gasteiger partial charge < -0.3 is 10.4 Å². The smallest absolute Gasteiger partial charge is 0.0819 e. The van der Waals surface area contributed by atoms with Crippen molar-refractivity contribution in [3.05, 3.63) is 28.8 Å². The Morgan fingerprint density at radius 3 is 2.56 bits per heavy atom. The third-order valence-corrected chi connectivity index (χ3v) is 4.34. The molecule has 1 aliphatic rings. The van der Waals surface area contributed by atoms with E-state index in [0.29, 0.717) is 6.54 Å². The molecule has 0 saturated heterocycles. The average Bonchev–Trinajstić information content (AvgIpc) is 2.57. The van der Waals surface area contributed by atoms with Crippen LogP contribution in [0, 0.1) is 6.92 Å². The molecule has 1 aromatic carbocycles. The van der Waals surface area contributed by atoms with Crippen LogP contribution in [0.5, 0.6) is 0 Å². The fraction of sp³-hybridized carbons (Fsp3) is 0.600. The molecule has 0 atom stereocenters. The van der Waals surface area contributed by atoms with Crippen LogP contribution in [0.25, 0.3) is 0 Å². The first kappa shape index (κ1) is 13.7. The van der Waals surface area contributed by atoms with Crippen LogP contribution in [0.2, 0.25) is 5.02 Å². The predicted octanol–water partition coefficient (Wildman–Crippen LogP) is 4.15. The van der Waals surface area contributed by atoms with E-state index in [1.807, 2.05) is 25.1 Å². The summed E-state index contributed by atoms with van der Waals surface area (Å²) in [5.74, 6) is 0. The Labute approximate surface area is 114 Å². The molecule has 2 N–H and O–H groups in total. The number of rotatable bonds is 3. The van der Waals surface area contributed by atoms with Crippen molar-refractivity contribution in [3.8, 4) is 0 Å². The van der Waals surface area contributed by atoms with Gasteiger partial charge in [-0.15, -0.1) is 0 Å². The van der Waals surface area contributed by atoms with E-state index in [1.165, 1.54) is 12.8 Å². The molecule has 1 fully saturated rings. The highest BCUT2D eigenvalue weighted by Gasteiger charge is 2.27. The molecule has 100 valence electrons. The second-order valence-corrected chi connectivity index (χ2v) is 5.81. The number of halogens is 1. The molecular formula is C15H22ClNO. The zero-order valence-corrected chi connectivity index (χ0v) is 11.8. The molecule has 0 unspecified atom stereocenters. The maximum atomic E-state index is 10.6. The monoisotopic (exact) mass is 267 g/mol. The van der Waals surface area contributed by atoms with Crippen LogP contribution >= 0.6 is 11.6 Å². The van der Waals surface area contributed by atoms with Crippen molar-refractivity contribution in [2.75, 3.05) is 11.9 Å². The van der Waals surface area contributed by atoms with Gasteiger partial charge in [-0.2, -0.15) is 0 Å². The first-order valence-electron chi connectivity index (χ1n) is 6.82. The maximum absolute atomic E-state index is 10.6. The Morgan fingerprint density at radius 2 is 1.89 bits per heavy atom. The molecule has 0 heterocycles. The van der Waals surface area contributed by atoms with E-state index in [4.69, 9.17) is 11.6 Å². The molecule has 0 aromatic heterocycles. The predicted molar refractivity (Wildman–Crippen MR) is 77.3 cm³/mol. The summed E-state index contributed by atoms with van der Waals surface area (Å²) >= 11 is 6.24. The second-order valence-electron chi connectivity index (χ2n) is 5.43. The number of aliphatic hydroxyl groups is 1. The SMILES string of the molecule is Cc1cccc(NCC2(O)CCCCCC2)c1Cl. The van der Waals surface area contributed by atoms with Crippen molar-refractivity contribution >= 4 is 17.3 Å². The van der Waals surface area contributed by atoms with E-state index in [2.05, 4.69) is 5.32 Å². The second kappa shape index (κ2) is 5.94. The minimum absolute atomic E-state index is 0.566. The standard InChI is InChI=1S/C15H22ClNO/c1-12-7-6-8-13(14(12)16)17-11-15(18)9-4-2-3-5-10-15/h6-8,17-18H,2-5,9-11H2,1H3. The number of hydrogen-bond acceptors (Lipinski definition) is 2. The van der Waals surface area contributed by atoms with Crippen LogP contribution < -0.4 is 5.32 Å². The number of aryl methyl sites for hydroxylation is 1. The van der Waals surface area contributed by atoms with Gasteiger partial charge in [0.1, 0.15) is 0 Å². The lowest BCUT2D eigenvalue weighted by Crippen LogP contribution is -2.36. The van der Waals surface area contributed by atoms with Gasteiger partial charge in [0.15, 0.2) is 0 Å². The maximum Gasteiger partial charge on any atom is 0.0819 e. The zero-order valence-electron chi connectivity index (χ0n) is 11.0. The summed E-state index contributed by atoms with van der Waals surface area (Å²) in [5.41, 5.74) is 1.42. The highest BCUT2D eigenvalue weighted by atomic mass is 35.5. The Bertz CT molecular complexity index is 397. The molecular weight excluding hydrogens is 246 g/mol. The van der Waals surface area contributed by atoms with Gasteiger partial charge in [-0.05, 0) is 31.4 Å². The van der Waals surface area contributed by atoms with Gasteiger partial charge in [0, 0.05) is 6.54 Å². The van der Waals surface area contributed by atoms with Crippen molar-refractivity contribution in [3.63, 3.8) is 0 Å². The van der Waals surface area contributed by atoms with E-state index < -0.39 is 5.60 Å². The van der Waals surface area contributed by atoms with Gasteiger partial charge in [0.2, 0.25) is 0 Å². The summed E-state index contributed by atoms with van der Waals surface area (Å²) in [6.07, 6.45) is 6.52. The summed E-state index contributed by atoms with van der Waals surface area (Å²) in [6, 6.07) is 5.95. The quantitative estimate of drug-likeness (QED) is 0.807. The molecule has 18 heavy (non-hydrogen) atoms. The Kier molecular flexibility index (Phi) is 4.52. The van der Waals surface area contributed by atoms with Crippen LogP contribution in [0.3, 0.4) is 0 Å². The van der Waals surface area contributed by atoms with E-state index >= 15 is 0 Å². The summed E-state index contributed by atoms with van der Waals surface area (Å²) in [6.45, 7) is 2.59. The van der Waals surface area contributed by atoms with Crippen LogP contribution in [-0.4, -0.2) is 17.3 Å². The average molecular weight is 268 g/mol. The number of hydrogen-bond donors (Lipinski definition) is 2. The first-order chi connectivity index (χ1) is 8.61. The minimum atomic E-state index is -0.566. The first-order valence-corrected chi connectivity index (χ1v) is 7.20. The molecule has 0 spiro atoms. The minimum Gasteiger partial charge on any atom is -0.388 e. The van der Waals surface area contributed by atoms with Gasteiger partial charge in [-0.1, -0.05) is 49.4 Å². The van der Waals surface area contributed by atoms with E-state index in [9.17, 15) is 5.11 Å². The molecule has 0 aliphatic heterocycles. The molecule has 0 radical (unpaired) electrons. The van der Waals surface area contributed by atoms with Crippen molar-refractivity contribution in [1.29, 1.82) is 0 Å². The molecule has 1 saturated carbocycles. The van der Waals surface area contributed by atoms with E-state index in [-0.39, 0.29) is 0 Å². The lowest BCUT2D eigenvalue weighted by atomic mass is 9.94. The van der Waals surface area contributed by atoms with E-state index in [1.54, 1.807) is 0 Å². The molecule has 1 aliphatic carbocycles. The third kappa shape index (κ3) is 3.39. The highest BCUT2D eigenvalue weighted by Crippen LogP contribution is 2.29. The fourth-order valence-electron chi connectivity index (χ4n) is 2.61. The molecule has 1 aromatic rings. The Hall–Kier alpha value is -0.730. The number of nitrogens with one attached hydrogen (secondary N) is 1. The zero-order chi connectivity index (χ0) is 13.0. The van der Waals surface area contributed by atoms with Crippen molar-refractivity contribution < 1.29 is 5.11 Å². The van der Waals surface area contributed by atoms with Gasteiger partial charge >= 0.3 is 0 Å². The lowest BCUT2D eigenvalue weighted by Gasteiger charge is -2.27. The van der Waals surface area contributed by atoms with Crippen LogP contribution in [-0.2, 0) is 0 Å². The number of benzene rings is 1. The number of anilines is 1. The Morgan fingerprint density at radius 1 is 1.22 bits per heavy atom. The summed E-state index contributed by atoms with van der Waals surface area (Å²) in [5, 5.41) is 14.6.